The average Bonchev–Trinajstić information content (AvgIpc) is 2.77. The Balaban J connectivity index is 1.89. The van der Waals surface area contributed by atoms with E-state index in [-0.39, 0.29) is 5.75 Å². The third-order valence-corrected chi connectivity index (χ3v) is 3.59. The highest BCUT2D eigenvalue weighted by molar-refractivity contribution is 6.18. The first kappa shape index (κ1) is 14.5. The molecule has 0 aromatic heterocycles. The van der Waals surface area contributed by atoms with Crippen LogP contribution in [0.15, 0.2) is 24.3 Å². The fourth-order valence-electron chi connectivity index (χ4n) is 2.24. The molecule has 19 heavy (non-hydrogen) atoms. The Morgan fingerprint density at radius 3 is 2.47 bits per heavy atom. The van der Waals surface area contributed by atoms with Crippen LogP contribution in [0.2, 0.25) is 0 Å². The number of rotatable bonds is 4. The van der Waals surface area contributed by atoms with Gasteiger partial charge in [-0.25, -0.2) is 0 Å². The normalized spacial score (nSPS) is 20.7. The molecule has 1 atom stereocenters. The summed E-state index contributed by atoms with van der Waals surface area (Å²) in [4.78, 5) is 2.26. The van der Waals surface area contributed by atoms with Crippen LogP contribution < -0.4 is 4.74 Å². The molecule has 0 bridgehead atoms. The number of alkyl halides is 4. The largest absolute Gasteiger partial charge is 0.573 e. The number of hydrogen-bond donors (Lipinski definition) is 0. The van der Waals surface area contributed by atoms with Gasteiger partial charge in [-0.05, 0) is 36.6 Å². The van der Waals surface area contributed by atoms with E-state index in [2.05, 4.69) is 9.64 Å². The van der Waals surface area contributed by atoms with Gasteiger partial charge in [-0.3, -0.25) is 4.90 Å². The van der Waals surface area contributed by atoms with Crippen LogP contribution in [0.1, 0.15) is 12.0 Å². The van der Waals surface area contributed by atoms with Crippen molar-refractivity contribution >= 4 is 11.6 Å². The van der Waals surface area contributed by atoms with E-state index in [4.69, 9.17) is 11.6 Å². The topological polar surface area (TPSA) is 12.5 Å². The van der Waals surface area contributed by atoms with Crippen LogP contribution in [0, 0.1) is 5.92 Å². The van der Waals surface area contributed by atoms with Crippen molar-refractivity contribution in [2.45, 2.75) is 19.3 Å². The van der Waals surface area contributed by atoms with Crippen molar-refractivity contribution in [1.29, 1.82) is 0 Å². The molecule has 0 N–H and O–H groups in total. The number of halogens is 4. The van der Waals surface area contributed by atoms with Crippen LogP contribution in [0.5, 0.6) is 5.75 Å². The number of benzene rings is 1. The molecule has 2 rings (SSSR count). The zero-order chi connectivity index (χ0) is 13.9. The first-order chi connectivity index (χ1) is 8.96. The first-order valence-electron chi connectivity index (χ1n) is 6.09. The van der Waals surface area contributed by atoms with Gasteiger partial charge in [0.2, 0.25) is 0 Å². The van der Waals surface area contributed by atoms with Gasteiger partial charge in [0.05, 0.1) is 0 Å². The smallest absolute Gasteiger partial charge is 0.406 e. The van der Waals surface area contributed by atoms with E-state index in [1.807, 2.05) is 0 Å². The van der Waals surface area contributed by atoms with Crippen LogP contribution in [0.3, 0.4) is 0 Å². The molecule has 1 saturated heterocycles. The van der Waals surface area contributed by atoms with Gasteiger partial charge in [0, 0.05) is 19.0 Å². The predicted molar refractivity (Wildman–Crippen MR) is 67.2 cm³/mol. The minimum Gasteiger partial charge on any atom is -0.406 e. The quantitative estimate of drug-likeness (QED) is 0.786. The highest BCUT2D eigenvalue weighted by atomic mass is 35.5. The predicted octanol–water partition coefficient (Wildman–Crippen LogP) is 3.65. The summed E-state index contributed by atoms with van der Waals surface area (Å²) in [6.07, 6.45) is -3.55. The molecule has 2 nitrogen and oxygen atoms in total. The van der Waals surface area contributed by atoms with Gasteiger partial charge in [-0.2, -0.15) is 0 Å². The van der Waals surface area contributed by atoms with E-state index < -0.39 is 6.36 Å². The molecule has 106 valence electrons. The molecule has 1 aliphatic heterocycles. The highest BCUT2D eigenvalue weighted by Gasteiger charge is 2.31. The Hall–Kier alpha value is -0.940. The van der Waals surface area contributed by atoms with Crippen molar-refractivity contribution in [3.8, 4) is 5.75 Å². The van der Waals surface area contributed by atoms with Crippen LogP contribution in [0.25, 0.3) is 0 Å². The van der Waals surface area contributed by atoms with Crippen molar-refractivity contribution in [2.24, 2.45) is 5.92 Å². The Morgan fingerprint density at radius 1 is 1.26 bits per heavy atom. The minimum atomic E-state index is -4.63. The van der Waals surface area contributed by atoms with Crippen molar-refractivity contribution in [3.05, 3.63) is 29.8 Å². The van der Waals surface area contributed by atoms with Gasteiger partial charge >= 0.3 is 6.36 Å². The molecule has 0 saturated carbocycles. The van der Waals surface area contributed by atoms with Gasteiger partial charge < -0.3 is 4.74 Å². The molecule has 0 amide bonds. The highest BCUT2D eigenvalue weighted by Crippen LogP contribution is 2.24. The van der Waals surface area contributed by atoms with E-state index in [9.17, 15) is 13.2 Å². The fraction of sp³-hybridized carbons (Fsp3) is 0.538. The van der Waals surface area contributed by atoms with E-state index >= 15 is 0 Å². The summed E-state index contributed by atoms with van der Waals surface area (Å²) in [5.74, 6) is 1.00. The van der Waals surface area contributed by atoms with Gasteiger partial charge in [0.25, 0.3) is 0 Å². The third kappa shape index (κ3) is 4.58. The molecule has 0 aliphatic carbocycles. The third-order valence-electron chi connectivity index (χ3n) is 3.15. The van der Waals surface area contributed by atoms with Crippen LogP contribution in [-0.2, 0) is 6.54 Å². The molecular formula is C13H15ClF3NO. The zero-order valence-electron chi connectivity index (χ0n) is 10.3. The number of nitrogens with zero attached hydrogens (tertiary/aromatic N) is 1. The first-order valence-corrected chi connectivity index (χ1v) is 6.63. The monoisotopic (exact) mass is 293 g/mol. The number of hydrogen-bond acceptors (Lipinski definition) is 2. The summed E-state index contributed by atoms with van der Waals surface area (Å²) in [5, 5.41) is 0. The summed E-state index contributed by atoms with van der Waals surface area (Å²) in [5.41, 5.74) is 0.977. The number of likely N-dealkylation sites (tertiary alicyclic amines) is 1. The van der Waals surface area contributed by atoms with E-state index in [1.54, 1.807) is 12.1 Å². The molecule has 1 unspecified atom stereocenters. The second kappa shape index (κ2) is 6.01. The molecule has 1 fully saturated rings. The fourth-order valence-corrected chi connectivity index (χ4v) is 2.49. The summed E-state index contributed by atoms with van der Waals surface area (Å²) in [7, 11) is 0. The molecule has 1 heterocycles. The maximum atomic E-state index is 12.0. The van der Waals surface area contributed by atoms with Gasteiger partial charge in [0.15, 0.2) is 0 Å². The summed E-state index contributed by atoms with van der Waals surface area (Å²) >= 11 is 5.81. The van der Waals surface area contributed by atoms with Crippen LogP contribution in [-0.4, -0.2) is 30.2 Å². The molecule has 1 aromatic carbocycles. The molecule has 0 spiro atoms. The summed E-state index contributed by atoms with van der Waals surface area (Å²) in [6.45, 7) is 2.67. The molecule has 6 heteroatoms. The van der Waals surface area contributed by atoms with Crippen molar-refractivity contribution in [2.75, 3.05) is 19.0 Å². The van der Waals surface area contributed by atoms with Crippen LogP contribution >= 0.6 is 11.6 Å². The van der Waals surface area contributed by atoms with Gasteiger partial charge in [-0.15, -0.1) is 24.8 Å². The lowest BCUT2D eigenvalue weighted by Crippen LogP contribution is -2.20. The lowest BCUT2D eigenvalue weighted by atomic mass is 10.2. The minimum absolute atomic E-state index is 0.184. The van der Waals surface area contributed by atoms with E-state index in [0.717, 1.165) is 31.6 Å². The molecule has 1 aliphatic rings. The second-order valence-corrected chi connectivity index (χ2v) is 5.04. The molecular weight excluding hydrogens is 279 g/mol. The lowest BCUT2D eigenvalue weighted by Gasteiger charge is -2.16. The van der Waals surface area contributed by atoms with Crippen LogP contribution in [0.4, 0.5) is 13.2 Å². The Bertz CT molecular complexity index is 407. The van der Waals surface area contributed by atoms with Gasteiger partial charge in [-0.1, -0.05) is 12.1 Å². The maximum Gasteiger partial charge on any atom is 0.573 e. The standard InChI is InChI=1S/C13H15ClF3NO/c14-7-11-5-6-18(9-11)8-10-1-3-12(4-2-10)19-13(15,16)17/h1-4,11H,5-9H2. The average molecular weight is 294 g/mol. The maximum absolute atomic E-state index is 12.0. The molecule has 1 aromatic rings. The Morgan fingerprint density at radius 2 is 1.95 bits per heavy atom. The summed E-state index contributed by atoms with van der Waals surface area (Å²) < 4.78 is 39.9. The SMILES string of the molecule is FC(F)(F)Oc1ccc(CN2CCC(CCl)C2)cc1. The van der Waals surface area contributed by atoms with E-state index in [0.29, 0.717) is 11.8 Å². The van der Waals surface area contributed by atoms with Crippen molar-refractivity contribution in [3.63, 3.8) is 0 Å². The molecule has 0 radical (unpaired) electrons. The van der Waals surface area contributed by atoms with E-state index in [1.165, 1.54) is 12.1 Å². The van der Waals surface area contributed by atoms with Crippen molar-refractivity contribution in [1.82, 2.24) is 4.90 Å². The van der Waals surface area contributed by atoms with Crippen molar-refractivity contribution < 1.29 is 17.9 Å². The Labute approximate surface area is 115 Å². The zero-order valence-corrected chi connectivity index (χ0v) is 11.0. The summed E-state index contributed by atoms with van der Waals surface area (Å²) in [6, 6.07) is 6.01. The van der Waals surface area contributed by atoms with Gasteiger partial charge in [0.1, 0.15) is 5.75 Å². The lowest BCUT2D eigenvalue weighted by molar-refractivity contribution is -0.274. The Kier molecular flexibility index (Phi) is 4.58. The number of ether oxygens (including phenoxy) is 1. The second-order valence-electron chi connectivity index (χ2n) is 4.74.